The quantitative estimate of drug-likeness (QED) is 0.758. The van der Waals surface area contributed by atoms with Gasteiger partial charge in [0.05, 0.1) is 4.88 Å². The topological polar surface area (TPSA) is 46.2 Å². The van der Waals surface area contributed by atoms with E-state index in [9.17, 15) is 9.59 Å². The Bertz CT molecular complexity index is 647. The Labute approximate surface area is 135 Å². The predicted octanol–water partition coefficient (Wildman–Crippen LogP) is 4.61. The van der Waals surface area contributed by atoms with Crippen LogP contribution >= 0.6 is 11.3 Å². The summed E-state index contributed by atoms with van der Waals surface area (Å²) in [7, 11) is 0. The third kappa shape index (κ3) is 4.28. The number of hydrogen-bond donors (Lipinski definition) is 1. The zero-order valence-corrected chi connectivity index (χ0v) is 13.8. The second kappa shape index (κ2) is 7.90. The molecule has 1 heterocycles. The van der Waals surface area contributed by atoms with Gasteiger partial charge in [-0.2, -0.15) is 0 Å². The van der Waals surface area contributed by atoms with Crippen molar-refractivity contribution in [2.75, 3.05) is 5.32 Å². The number of hydrogen-bond acceptors (Lipinski definition) is 3. The van der Waals surface area contributed by atoms with Crippen LogP contribution in [0.25, 0.3) is 0 Å². The molecule has 0 radical (unpaired) electrons. The Morgan fingerprint density at radius 3 is 2.64 bits per heavy atom. The molecular weight excluding hydrogens is 294 g/mol. The molecule has 22 heavy (non-hydrogen) atoms. The SMILES string of the molecule is CCc1cccc(C)c1NC(=O)CCCC(=O)c1cccs1. The van der Waals surface area contributed by atoms with Crippen molar-refractivity contribution in [3.05, 3.63) is 51.7 Å². The van der Waals surface area contributed by atoms with Gasteiger partial charge in [-0.3, -0.25) is 9.59 Å². The van der Waals surface area contributed by atoms with E-state index in [2.05, 4.69) is 12.2 Å². The fraction of sp³-hybridized carbons (Fsp3) is 0.333. The van der Waals surface area contributed by atoms with Crippen molar-refractivity contribution in [1.29, 1.82) is 0 Å². The summed E-state index contributed by atoms with van der Waals surface area (Å²) in [5.74, 6) is 0.0934. The minimum atomic E-state index is -0.0250. The highest BCUT2D eigenvalue weighted by atomic mass is 32.1. The highest BCUT2D eigenvalue weighted by Crippen LogP contribution is 2.21. The van der Waals surface area contributed by atoms with Gasteiger partial charge < -0.3 is 5.32 Å². The Balaban J connectivity index is 1.85. The molecule has 0 saturated carbocycles. The predicted molar refractivity (Wildman–Crippen MR) is 91.7 cm³/mol. The summed E-state index contributed by atoms with van der Waals surface area (Å²) < 4.78 is 0. The van der Waals surface area contributed by atoms with Crippen LogP contribution in [0.3, 0.4) is 0 Å². The van der Waals surface area contributed by atoms with E-state index in [1.165, 1.54) is 11.3 Å². The molecule has 1 aromatic heterocycles. The highest BCUT2D eigenvalue weighted by Gasteiger charge is 2.11. The van der Waals surface area contributed by atoms with Crippen molar-refractivity contribution in [2.24, 2.45) is 0 Å². The van der Waals surface area contributed by atoms with Gasteiger partial charge >= 0.3 is 0 Å². The first-order valence-corrected chi connectivity index (χ1v) is 8.44. The molecule has 1 amide bonds. The van der Waals surface area contributed by atoms with E-state index in [-0.39, 0.29) is 11.7 Å². The van der Waals surface area contributed by atoms with Gasteiger partial charge in [-0.05, 0) is 42.3 Å². The normalized spacial score (nSPS) is 10.5. The van der Waals surface area contributed by atoms with Crippen molar-refractivity contribution in [3.63, 3.8) is 0 Å². The molecule has 0 unspecified atom stereocenters. The van der Waals surface area contributed by atoms with Crippen LogP contribution in [0, 0.1) is 6.92 Å². The van der Waals surface area contributed by atoms with Gasteiger partial charge in [-0.15, -0.1) is 11.3 Å². The van der Waals surface area contributed by atoms with E-state index >= 15 is 0 Å². The number of thiophene rings is 1. The van der Waals surface area contributed by atoms with Gasteiger partial charge in [0.25, 0.3) is 0 Å². The smallest absolute Gasteiger partial charge is 0.224 e. The maximum atomic E-state index is 12.1. The summed E-state index contributed by atoms with van der Waals surface area (Å²) >= 11 is 1.45. The molecule has 3 nitrogen and oxygen atoms in total. The second-order valence-electron chi connectivity index (χ2n) is 5.26. The van der Waals surface area contributed by atoms with E-state index in [0.29, 0.717) is 19.3 Å². The van der Waals surface area contributed by atoms with Crippen LogP contribution in [-0.4, -0.2) is 11.7 Å². The third-order valence-corrected chi connectivity index (χ3v) is 4.52. The second-order valence-corrected chi connectivity index (χ2v) is 6.21. The average molecular weight is 315 g/mol. The van der Waals surface area contributed by atoms with Crippen molar-refractivity contribution in [2.45, 2.75) is 39.5 Å². The first-order valence-electron chi connectivity index (χ1n) is 7.57. The van der Waals surface area contributed by atoms with E-state index in [1.807, 2.05) is 42.6 Å². The number of amides is 1. The molecule has 2 rings (SSSR count). The maximum absolute atomic E-state index is 12.1. The van der Waals surface area contributed by atoms with Gasteiger partial charge in [0, 0.05) is 18.5 Å². The minimum absolute atomic E-state index is 0.0250. The summed E-state index contributed by atoms with van der Waals surface area (Å²) in [5.41, 5.74) is 3.13. The van der Waals surface area contributed by atoms with Crippen LogP contribution in [0.4, 0.5) is 5.69 Å². The molecule has 1 aromatic carbocycles. The molecule has 0 fully saturated rings. The van der Waals surface area contributed by atoms with Crippen molar-refractivity contribution >= 4 is 28.7 Å². The number of carbonyl (C=O) groups excluding carboxylic acids is 2. The van der Waals surface area contributed by atoms with Crippen LogP contribution < -0.4 is 5.32 Å². The molecule has 2 aromatic rings. The number of rotatable bonds is 7. The molecule has 0 aliphatic heterocycles. The fourth-order valence-electron chi connectivity index (χ4n) is 2.37. The van der Waals surface area contributed by atoms with Gasteiger partial charge in [0.2, 0.25) is 5.91 Å². The lowest BCUT2D eigenvalue weighted by Gasteiger charge is -2.12. The minimum Gasteiger partial charge on any atom is -0.326 e. The standard InChI is InChI=1S/C18H21NO2S/c1-3-14-8-4-7-13(2)18(14)19-17(21)11-5-9-15(20)16-10-6-12-22-16/h4,6-8,10,12H,3,5,9,11H2,1-2H3,(H,19,21). The van der Waals surface area contributed by atoms with Gasteiger partial charge in [0.1, 0.15) is 0 Å². The lowest BCUT2D eigenvalue weighted by molar-refractivity contribution is -0.116. The molecule has 0 atom stereocenters. The summed E-state index contributed by atoms with van der Waals surface area (Å²) in [4.78, 5) is 24.7. The van der Waals surface area contributed by atoms with Crippen LogP contribution in [0.15, 0.2) is 35.7 Å². The van der Waals surface area contributed by atoms with Crippen molar-refractivity contribution in [3.8, 4) is 0 Å². The monoisotopic (exact) mass is 315 g/mol. The molecular formula is C18H21NO2S. The largest absolute Gasteiger partial charge is 0.326 e. The molecule has 116 valence electrons. The van der Waals surface area contributed by atoms with E-state index in [0.717, 1.165) is 28.1 Å². The molecule has 4 heteroatoms. The summed E-state index contributed by atoms with van der Waals surface area (Å²) in [6, 6.07) is 9.73. The summed E-state index contributed by atoms with van der Waals surface area (Å²) in [5, 5.41) is 4.88. The van der Waals surface area contributed by atoms with Gasteiger partial charge in [-0.25, -0.2) is 0 Å². The number of aryl methyl sites for hydroxylation is 2. The van der Waals surface area contributed by atoms with E-state index in [4.69, 9.17) is 0 Å². The number of Topliss-reactive ketones (excluding diaryl/α,β-unsaturated/α-hetero) is 1. The highest BCUT2D eigenvalue weighted by molar-refractivity contribution is 7.12. The molecule has 0 aliphatic carbocycles. The van der Waals surface area contributed by atoms with Gasteiger partial charge in [-0.1, -0.05) is 31.2 Å². The lowest BCUT2D eigenvalue weighted by Crippen LogP contribution is -2.14. The third-order valence-electron chi connectivity index (χ3n) is 3.61. The van der Waals surface area contributed by atoms with Crippen LogP contribution in [0.5, 0.6) is 0 Å². The Morgan fingerprint density at radius 2 is 1.95 bits per heavy atom. The number of anilines is 1. The number of para-hydroxylation sites is 1. The first kappa shape index (κ1) is 16.4. The molecule has 0 saturated heterocycles. The van der Waals surface area contributed by atoms with Crippen LogP contribution in [0.2, 0.25) is 0 Å². The van der Waals surface area contributed by atoms with Crippen LogP contribution in [0.1, 0.15) is 47.0 Å². The fourth-order valence-corrected chi connectivity index (χ4v) is 3.07. The molecule has 0 bridgehead atoms. The Hall–Kier alpha value is -1.94. The zero-order chi connectivity index (χ0) is 15.9. The summed E-state index contributed by atoms with van der Waals surface area (Å²) in [6.07, 6.45) is 2.25. The van der Waals surface area contributed by atoms with Crippen LogP contribution in [-0.2, 0) is 11.2 Å². The maximum Gasteiger partial charge on any atom is 0.224 e. The number of nitrogens with one attached hydrogen (secondary N) is 1. The lowest BCUT2D eigenvalue weighted by atomic mass is 10.1. The number of carbonyl (C=O) groups is 2. The van der Waals surface area contributed by atoms with Crippen molar-refractivity contribution in [1.82, 2.24) is 0 Å². The number of benzene rings is 1. The Morgan fingerprint density at radius 1 is 1.14 bits per heavy atom. The Kier molecular flexibility index (Phi) is 5.90. The van der Waals surface area contributed by atoms with E-state index < -0.39 is 0 Å². The first-order chi connectivity index (χ1) is 10.6. The summed E-state index contributed by atoms with van der Waals surface area (Å²) in [6.45, 7) is 4.07. The molecule has 0 aliphatic rings. The molecule has 0 spiro atoms. The van der Waals surface area contributed by atoms with Gasteiger partial charge in [0.15, 0.2) is 5.78 Å². The average Bonchev–Trinajstić information content (AvgIpc) is 3.03. The molecule has 1 N–H and O–H groups in total. The zero-order valence-electron chi connectivity index (χ0n) is 13.0. The number of ketones is 1. The van der Waals surface area contributed by atoms with E-state index in [1.54, 1.807) is 0 Å². The van der Waals surface area contributed by atoms with Crippen molar-refractivity contribution < 1.29 is 9.59 Å².